The van der Waals surface area contributed by atoms with Gasteiger partial charge in [-0.05, 0) is 24.1 Å². The number of carbonyl (C=O) groups is 1. The zero-order valence-corrected chi connectivity index (χ0v) is 6.85. The van der Waals surface area contributed by atoms with Crippen molar-refractivity contribution in [2.75, 3.05) is 5.32 Å². The summed E-state index contributed by atoms with van der Waals surface area (Å²) in [5.74, 6) is 0. The largest absolute Gasteiger partial charge is 0.334 e. The summed E-state index contributed by atoms with van der Waals surface area (Å²) in [6, 6.07) is 5.93. The van der Waals surface area contributed by atoms with Gasteiger partial charge in [0.25, 0.3) is 0 Å². The Morgan fingerprint density at radius 2 is 2.25 bits per heavy atom. The third-order valence-electron chi connectivity index (χ3n) is 1.95. The summed E-state index contributed by atoms with van der Waals surface area (Å²) in [6.45, 7) is 2.63. The van der Waals surface area contributed by atoms with Crippen molar-refractivity contribution in [1.29, 1.82) is 0 Å². The van der Waals surface area contributed by atoms with Crippen LogP contribution in [0.4, 0.5) is 10.5 Å². The van der Waals surface area contributed by atoms with Gasteiger partial charge in [0.2, 0.25) is 0 Å². The van der Waals surface area contributed by atoms with E-state index in [0.717, 1.165) is 16.8 Å². The zero-order valence-electron chi connectivity index (χ0n) is 6.85. The monoisotopic (exact) mass is 162 g/mol. The van der Waals surface area contributed by atoms with Crippen molar-refractivity contribution in [1.82, 2.24) is 5.32 Å². The smallest absolute Gasteiger partial charge is 0.319 e. The molecule has 1 aromatic carbocycles. The van der Waals surface area contributed by atoms with E-state index in [1.807, 2.05) is 25.1 Å². The summed E-state index contributed by atoms with van der Waals surface area (Å²) in [6.07, 6.45) is 0. The first-order valence-electron chi connectivity index (χ1n) is 3.90. The van der Waals surface area contributed by atoms with E-state index >= 15 is 0 Å². The number of nitrogens with one attached hydrogen (secondary N) is 2. The number of carbonyl (C=O) groups excluding carboxylic acids is 1. The number of amides is 2. The average molecular weight is 162 g/mol. The molecule has 1 heterocycles. The minimum atomic E-state index is -0.117. The molecule has 62 valence electrons. The molecule has 0 saturated carbocycles. The lowest BCUT2D eigenvalue weighted by Gasteiger charge is -2.18. The maximum Gasteiger partial charge on any atom is 0.319 e. The molecule has 1 aromatic rings. The Morgan fingerprint density at radius 3 is 3.08 bits per heavy atom. The Labute approximate surface area is 70.8 Å². The van der Waals surface area contributed by atoms with E-state index in [-0.39, 0.29) is 6.03 Å². The van der Waals surface area contributed by atoms with Gasteiger partial charge in [-0.2, -0.15) is 0 Å². The Morgan fingerprint density at radius 1 is 1.42 bits per heavy atom. The molecule has 3 heteroatoms. The molecule has 1 aliphatic rings. The van der Waals surface area contributed by atoms with E-state index in [2.05, 4.69) is 10.6 Å². The molecule has 0 saturated heterocycles. The van der Waals surface area contributed by atoms with Crippen LogP contribution >= 0.6 is 0 Å². The van der Waals surface area contributed by atoms with E-state index in [1.54, 1.807) is 0 Å². The highest BCUT2D eigenvalue weighted by Gasteiger charge is 2.12. The molecule has 0 bridgehead atoms. The molecule has 2 N–H and O–H groups in total. The zero-order chi connectivity index (χ0) is 8.55. The molecule has 0 spiro atoms. The Balaban J connectivity index is 2.44. The quantitative estimate of drug-likeness (QED) is 0.598. The van der Waals surface area contributed by atoms with Gasteiger partial charge < -0.3 is 10.6 Å². The predicted octanol–water partition coefficient (Wildman–Crippen LogP) is 1.63. The van der Waals surface area contributed by atoms with Gasteiger partial charge in [-0.25, -0.2) is 4.79 Å². The molecule has 3 nitrogen and oxygen atoms in total. The van der Waals surface area contributed by atoms with Crippen molar-refractivity contribution >= 4 is 11.7 Å². The second-order valence-electron chi connectivity index (χ2n) is 2.97. The van der Waals surface area contributed by atoms with Gasteiger partial charge in [0.1, 0.15) is 0 Å². The third kappa shape index (κ3) is 1.13. The maximum atomic E-state index is 10.9. The van der Waals surface area contributed by atoms with Gasteiger partial charge in [-0.3, -0.25) is 0 Å². The van der Waals surface area contributed by atoms with Gasteiger partial charge in [-0.15, -0.1) is 0 Å². The number of hydrogen-bond acceptors (Lipinski definition) is 1. The van der Waals surface area contributed by atoms with Crippen molar-refractivity contribution < 1.29 is 4.79 Å². The number of benzene rings is 1. The fourth-order valence-corrected chi connectivity index (χ4v) is 1.30. The van der Waals surface area contributed by atoms with Crippen LogP contribution in [-0.2, 0) is 6.54 Å². The average Bonchev–Trinajstić information content (AvgIpc) is 2.03. The lowest BCUT2D eigenvalue weighted by Crippen LogP contribution is -2.33. The van der Waals surface area contributed by atoms with Crippen LogP contribution in [-0.4, -0.2) is 6.03 Å². The SMILES string of the molecule is Cc1ccc2c(c1)NC(=O)NC2. The molecule has 0 aliphatic carbocycles. The standard InChI is InChI=1S/C9H10N2O/c1-6-2-3-7-5-10-9(12)11-8(7)4-6/h2-4H,5H2,1H3,(H2,10,11,12). The molecule has 0 fully saturated rings. The molecule has 12 heavy (non-hydrogen) atoms. The first-order chi connectivity index (χ1) is 5.75. The van der Waals surface area contributed by atoms with Crippen molar-refractivity contribution in [2.45, 2.75) is 13.5 Å². The third-order valence-corrected chi connectivity index (χ3v) is 1.95. The number of fused-ring (bicyclic) bond motifs is 1. The Kier molecular flexibility index (Phi) is 1.50. The normalized spacial score (nSPS) is 14.6. The number of aryl methyl sites for hydroxylation is 1. The number of urea groups is 1. The molecular formula is C9H10N2O. The minimum absolute atomic E-state index is 0.117. The number of rotatable bonds is 0. The van der Waals surface area contributed by atoms with Crippen LogP contribution in [0.15, 0.2) is 18.2 Å². The topological polar surface area (TPSA) is 41.1 Å². The van der Waals surface area contributed by atoms with Crippen molar-refractivity contribution in [3.05, 3.63) is 29.3 Å². The lowest BCUT2D eigenvalue weighted by molar-refractivity contribution is 0.251. The number of anilines is 1. The van der Waals surface area contributed by atoms with Crippen molar-refractivity contribution in [3.8, 4) is 0 Å². The second kappa shape index (κ2) is 2.52. The highest BCUT2D eigenvalue weighted by atomic mass is 16.2. The molecule has 2 amide bonds. The summed E-state index contributed by atoms with van der Waals surface area (Å²) >= 11 is 0. The summed E-state index contributed by atoms with van der Waals surface area (Å²) in [7, 11) is 0. The van der Waals surface area contributed by atoms with Gasteiger partial charge in [0.05, 0.1) is 0 Å². The van der Waals surface area contributed by atoms with Crippen molar-refractivity contribution in [2.24, 2.45) is 0 Å². The summed E-state index contributed by atoms with van der Waals surface area (Å²) in [4.78, 5) is 10.9. The first kappa shape index (κ1) is 7.16. The fraction of sp³-hybridized carbons (Fsp3) is 0.222. The molecule has 0 unspecified atom stereocenters. The van der Waals surface area contributed by atoms with Crippen LogP contribution in [0.5, 0.6) is 0 Å². The molecule has 0 atom stereocenters. The van der Waals surface area contributed by atoms with E-state index in [4.69, 9.17) is 0 Å². The Hall–Kier alpha value is -1.51. The van der Waals surface area contributed by atoms with Crippen LogP contribution < -0.4 is 10.6 Å². The van der Waals surface area contributed by atoms with Crippen LogP contribution in [0, 0.1) is 6.92 Å². The molecular weight excluding hydrogens is 152 g/mol. The fourth-order valence-electron chi connectivity index (χ4n) is 1.30. The maximum absolute atomic E-state index is 10.9. The summed E-state index contributed by atoms with van der Waals surface area (Å²) in [5, 5.41) is 5.46. The van der Waals surface area contributed by atoms with Crippen molar-refractivity contribution in [3.63, 3.8) is 0 Å². The van der Waals surface area contributed by atoms with Crippen LogP contribution in [0.2, 0.25) is 0 Å². The van der Waals surface area contributed by atoms with E-state index < -0.39 is 0 Å². The van der Waals surface area contributed by atoms with Gasteiger partial charge in [0, 0.05) is 12.2 Å². The van der Waals surface area contributed by atoms with Crippen LogP contribution in [0.25, 0.3) is 0 Å². The molecule has 1 aliphatic heterocycles. The first-order valence-corrected chi connectivity index (χ1v) is 3.90. The molecule has 0 aromatic heterocycles. The van der Waals surface area contributed by atoms with Gasteiger partial charge in [-0.1, -0.05) is 12.1 Å². The van der Waals surface area contributed by atoms with E-state index in [1.165, 1.54) is 0 Å². The second-order valence-corrected chi connectivity index (χ2v) is 2.97. The summed E-state index contributed by atoms with van der Waals surface area (Å²) < 4.78 is 0. The van der Waals surface area contributed by atoms with Crippen LogP contribution in [0.3, 0.4) is 0 Å². The highest BCUT2D eigenvalue weighted by Crippen LogP contribution is 2.19. The lowest BCUT2D eigenvalue weighted by atomic mass is 10.1. The molecule has 0 radical (unpaired) electrons. The van der Waals surface area contributed by atoms with E-state index in [0.29, 0.717) is 6.54 Å². The molecule has 2 rings (SSSR count). The Bertz CT molecular complexity index is 333. The van der Waals surface area contributed by atoms with E-state index in [9.17, 15) is 4.79 Å². The minimum Gasteiger partial charge on any atom is -0.334 e. The highest BCUT2D eigenvalue weighted by molar-refractivity contribution is 5.92. The van der Waals surface area contributed by atoms with Gasteiger partial charge >= 0.3 is 6.03 Å². The predicted molar refractivity (Wildman–Crippen MR) is 47.0 cm³/mol. The van der Waals surface area contributed by atoms with Crippen LogP contribution in [0.1, 0.15) is 11.1 Å². The van der Waals surface area contributed by atoms with Gasteiger partial charge in [0.15, 0.2) is 0 Å². The summed E-state index contributed by atoms with van der Waals surface area (Å²) in [5.41, 5.74) is 3.23. The number of hydrogen-bond donors (Lipinski definition) is 2.